The van der Waals surface area contributed by atoms with Gasteiger partial charge in [0.1, 0.15) is 6.04 Å². The fraction of sp³-hybridized carbons (Fsp3) is 0.318. The van der Waals surface area contributed by atoms with E-state index in [1.807, 2.05) is 18.2 Å². The van der Waals surface area contributed by atoms with Crippen molar-refractivity contribution in [3.63, 3.8) is 0 Å². The van der Waals surface area contributed by atoms with E-state index in [9.17, 15) is 9.59 Å². The quantitative estimate of drug-likeness (QED) is 0.500. The van der Waals surface area contributed by atoms with Crippen LogP contribution in [-0.4, -0.2) is 50.7 Å². The Morgan fingerprint density at radius 3 is 2.81 bits per heavy atom. The lowest BCUT2D eigenvalue weighted by molar-refractivity contribution is -0.129. The monoisotopic (exact) mass is 453 g/mol. The summed E-state index contributed by atoms with van der Waals surface area (Å²) >= 11 is 6.11. The Hall–Kier alpha value is -3.30. The second-order valence-corrected chi connectivity index (χ2v) is 8.19. The van der Waals surface area contributed by atoms with Crippen molar-refractivity contribution < 1.29 is 9.59 Å². The molecule has 0 spiro atoms. The summed E-state index contributed by atoms with van der Waals surface area (Å²) in [5.41, 5.74) is 2.59. The zero-order valence-electron chi connectivity index (χ0n) is 17.5. The van der Waals surface area contributed by atoms with Crippen molar-refractivity contribution >= 4 is 23.4 Å². The lowest BCUT2D eigenvalue weighted by Gasteiger charge is -2.18. The number of nitrogens with zero attached hydrogens (tertiary/aromatic N) is 4. The highest BCUT2D eigenvalue weighted by Gasteiger charge is 2.31. The van der Waals surface area contributed by atoms with Gasteiger partial charge >= 0.3 is 0 Å². The van der Waals surface area contributed by atoms with Crippen molar-refractivity contribution in [2.24, 2.45) is 0 Å². The first-order valence-corrected chi connectivity index (χ1v) is 10.8. The first-order valence-electron chi connectivity index (χ1n) is 10.4. The van der Waals surface area contributed by atoms with Gasteiger partial charge in [0.05, 0.1) is 11.7 Å². The Bertz CT molecular complexity index is 1080. The Kier molecular flexibility index (Phi) is 6.77. The molecule has 1 aliphatic heterocycles. The molecule has 32 heavy (non-hydrogen) atoms. The zero-order valence-corrected chi connectivity index (χ0v) is 18.3. The van der Waals surface area contributed by atoms with Gasteiger partial charge in [0.2, 0.25) is 11.8 Å². The molecular formula is C22H24ClN7O2. The van der Waals surface area contributed by atoms with Gasteiger partial charge in [-0.15, -0.1) is 15.0 Å². The van der Waals surface area contributed by atoms with Crippen molar-refractivity contribution in [1.29, 1.82) is 0 Å². The Morgan fingerprint density at radius 2 is 2.06 bits per heavy atom. The molecule has 0 bridgehead atoms. The van der Waals surface area contributed by atoms with E-state index in [2.05, 4.69) is 43.5 Å². The van der Waals surface area contributed by atoms with Crippen LogP contribution in [0.15, 0.2) is 54.9 Å². The van der Waals surface area contributed by atoms with Gasteiger partial charge in [0.25, 0.3) is 0 Å². The molecule has 2 aromatic carbocycles. The Balaban J connectivity index is 1.31. The standard InChI is InChI=1S/C22H24ClN7O2/c1-14(28-22(32)19-10-16(11-24-19)15-5-3-2-4-6-15)21(31)25-12-17-9-18(23)7-8-20(17)30-27-13-26-29-30/h2-9,13-14,16,19,24H,10-12H2,1H3,(H,25,31)(H,28,32)/t14-,16-,19+/m0/s1. The minimum atomic E-state index is -0.688. The van der Waals surface area contributed by atoms with Crippen LogP contribution < -0.4 is 16.0 Å². The molecule has 1 aromatic heterocycles. The van der Waals surface area contributed by atoms with Gasteiger partial charge in [-0.2, -0.15) is 0 Å². The molecule has 166 valence electrons. The average Bonchev–Trinajstić information content (AvgIpc) is 3.50. The van der Waals surface area contributed by atoms with Gasteiger partial charge < -0.3 is 16.0 Å². The van der Waals surface area contributed by atoms with E-state index < -0.39 is 6.04 Å². The second kappa shape index (κ2) is 9.88. The van der Waals surface area contributed by atoms with Gasteiger partial charge in [-0.25, -0.2) is 0 Å². The number of hydrogen-bond donors (Lipinski definition) is 3. The number of hydrogen-bond acceptors (Lipinski definition) is 6. The van der Waals surface area contributed by atoms with Gasteiger partial charge in [0.15, 0.2) is 6.33 Å². The summed E-state index contributed by atoms with van der Waals surface area (Å²) in [4.78, 5) is 26.6. The van der Waals surface area contributed by atoms with Crippen LogP contribution in [0, 0.1) is 0 Å². The summed E-state index contributed by atoms with van der Waals surface area (Å²) in [5, 5.41) is 21.0. The summed E-state index contributed by atoms with van der Waals surface area (Å²) in [6.45, 7) is 2.60. The van der Waals surface area contributed by atoms with E-state index in [0.29, 0.717) is 17.1 Å². The maximum absolute atomic E-state index is 12.7. The minimum absolute atomic E-state index is 0.179. The molecule has 2 amide bonds. The summed E-state index contributed by atoms with van der Waals surface area (Å²) in [6, 6.07) is 14.3. The number of aromatic nitrogens is 4. The van der Waals surface area contributed by atoms with Crippen LogP contribution in [0.2, 0.25) is 5.02 Å². The number of amides is 2. The van der Waals surface area contributed by atoms with Gasteiger partial charge in [-0.05, 0) is 48.2 Å². The molecule has 4 rings (SSSR count). The van der Waals surface area contributed by atoms with Crippen molar-refractivity contribution in [1.82, 2.24) is 36.2 Å². The average molecular weight is 454 g/mol. The van der Waals surface area contributed by atoms with Crippen LogP contribution >= 0.6 is 11.6 Å². The molecule has 1 saturated heterocycles. The van der Waals surface area contributed by atoms with Gasteiger partial charge in [-0.3, -0.25) is 9.59 Å². The van der Waals surface area contributed by atoms with E-state index in [4.69, 9.17) is 11.6 Å². The van der Waals surface area contributed by atoms with Crippen LogP contribution in [-0.2, 0) is 16.1 Å². The fourth-order valence-corrected chi connectivity index (χ4v) is 3.99. The molecule has 0 aliphatic carbocycles. The molecule has 0 saturated carbocycles. The largest absolute Gasteiger partial charge is 0.350 e. The fourth-order valence-electron chi connectivity index (χ4n) is 3.80. The second-order valence-electron chi connectivity index (χ2n) is 7.75. The lowest BCUT2D eigenvalue weighted by atomic mass is 9.96. The summed E-state index contributed by atoms with van der Waals surface area (Å²) < 4.78 is 0. The molecule has 2 heterocycles. The summed E-state index contributed by atoms with van der Waals surface area (Å²) in [5.74, 6) is -0.197. The first kappa shape index (κ1) is 21.9. The number of carbonyl (C=O) groups excluding carboxylic acids is 2. The molecule has 3 atom stereocenters. The maximum Gasteiger partial charge on any atom is 0.242 e. The third-order valence-corrected chi connectivity index (χ3v) is 5.76. The van der Waals surface area contributed by atoms with E-state index in [1.54, 1.807) is 25.1 Å². The highest BCUT2D eigenvalue weighted by Crippen LogP contribution is 2.25. The normalized spacial score (nSPS) is 18.8. The van der Waals surface area contributed by atoms with Crippen molar-refractivity contribution in [3.8, 4) is 5.69 Å². The number of tetrazole rings is 1. The molecule has 0 unspecified atom stereocenters. The topological polar surface area (TPSA) is 114 Å². The van der Waals surface area contributed by atoms with Gasteiger partial charge in [-0.1, -0.05) is 41.9 Å². The van der Waals surface area contributed by atoms with Crippen molar-refractivity contribution in [3.05, 3.63) is 71.0 Å². The van der Waals surface area contributed by atoms with Crippen LogP contribution in [0.25, 0.3) is 5.69 Å². The smallest absolute Gasteiger partial charge is 0.242 e. The lowest BCUT2D eigenvalue weighted by Crippen LogP contribution is -2.50. The predicted octanol–water partition coefficient (Wildman–Crippen LogP) is 1.58. The third-order valence-electron chi connectivity index (χ3n) is 5.53. The van der Waals surface area contributed by atoms with Crippen LogP contribution in [0.4, 0.5) is 0 Å². The van der Waals surface area contributed by atoms with Crippen molar-refractivity contribution in [2.45, 2.75) is 37.9 Å². The molecule has 3 N–H and O–H groups in total. The van der Waals surface area contributed by atoms with Crippen LogP contribution in [0.1, 0.15) is 30.4 Å². The number of nitrogens with one attached hydrogen (secondary N) is 3. The maximum atomic E-state index is 12.7. The van der Waals surface area contributed by atoms with E-state index in [0.717, 1.165) is 12.1 Å². The van der Waals surface area contributed by atoms with Gasteiger partial charge in [0, 0.05) is 23.7 Å². The highest BCUT2D eigenvalue weighted by atomic mass is 35.5. The molecule has 1 aliphatic rings. The SMILES string of the molecule is C[C@H](NC(=O)[C@H]1C[C@H](c2ccccc2)CN1)C(=O)NCc1cc(Cl)ccc1-n1ncnn1. The van der Waals surface area contributed by atoms with E-state index in [1.165, 1.54) is 16.7 Å². The predicted molar refractivity (Wildman–Crippen MR) is 119 cm³/mol. The summed E-state index contributed by atoms with van der Waals surface area (Å²) in [7, 11) is 0. The first-order chi connectivity index (χ1) is 15.5. The number of carbonyl (C=O) groups is 2. The van der Waals surface area contributed by atoms with Crippen LogP contribution in [0.3, 0.4) is 0 Å². The summed E-state index contributed by atoms with van der Waals surface area (Å²) in [6.07, 6.45) is 2.02. The molecule has 0 radical (unpaired) electrons. The number of halogens is 1. The minimum Gasteiger partial charge on any atom is -0.350 e. The number of rotatable bonds is 7. The third kappa shape index (κ3) is 5.12. The zero-order chi connectivity index (χ0) is 22.5. The van der Waals surface area contributed by atoms with Crippen LogP contribution in [0.5, 0.6) is 0 Å². The molecule has 1 fully saturated rings. The molecule has 10 heteroatoms. The van der Waals surface area contributed by atoms with E-state index >= 15 is 0 Å². The number of benzene rings is 2. The Labute approximate surface area is 190 Å². The molecular weight excluding hydrogens is 430 g/mol. The highest BCUT2D eigenvalue weighted by molar-refractivity contribution is 6.30. The Morgan fingerprint density at radius 1 is 1.25 bits per heavy atom. The van der Waals surface area contributed by atoms with E-state index in [-0.39, 0.29) is 30.3 Å². The molecule has 3 aromatic rings. The molecule has 9 nitrogen and oxygen atoms in total. The van der Waals surface area contributed by atoms with Crippen molar-refractivity contribution in [2.75, 3.05) is 6.54 Å².